The van der Waals surface area contributed by atoms with Crippen molar-refractivity contribution in [3.05, 3.63) is 12.3 Å². The van der Waals surface area contributed by atoms with Gasteiger partial charge in [0.2, 0.25) is 5.95 Å². The number of aromatic nitrogens is 2. The maximum atomic E-state index is 11.7. The molecule has 0 radical (unpaired) electrons. The zero-order valence-corrected chi connectivity index (χ0v) is 13.7. The monoisotopic (exact) mass is 312 g/mol. The molecule has 1 aliphatic rings. The molecule has 0 aromatic carbocycles. The lowest BCUT2D eigenvalue weighted by Gasteiger charge is -2.28. The zero-order chi connectivity index (χ0) is 15.5. The Kier molecular flexibility index (Phi) is 5.03. The highest BCUT2D eigenvalue weighted by Gasteiger charge is 2.32. The summed E-state index contributed by atoms with van der Waals surface area (Å²) in [5.74, 6) is 1.89. The highest BCUT2D eigenvalue weighted by molar-refractivity contribution is 7.91. The van der Waals surface area contributed by atoms with Crippen molar-refractivity contribution in [1.82, 2.24) is 9.97 Å². The standard InChI is InChI=1S/C14H24N4O2S/c1-4-11(3)16-14-15-8-6-13(17-14)18(5-2)12-7-9-21(19,20)10-12/h6,8,11-12H,4-5,7,9-10H2,1-3H3,(H,15,16,17). The average Bonchev–Trinajstić information content (AvgIpc) is 2.80. The highest BCUT2D eigenvalue weighted by atomic mass is 32.2. The molecule has 21 heavy (non-hydrogen) atoms. The third kappa shape index (κ3) is 4.06. The van der Waals surface area contributed by atoms with E-state index in [-0.39, 0.29) is 17.5 Å². The number of nitrogens with one attached hydrogen (secondary N) is 1. The first kappa shape index (κ1) is 16.0. The van der Waals surface area contributed by atoms with Gasteiger partial charge in [-0.2, -0.15) is 4.98 Å². The van der Waals surface area contributed by atoms with Gasteiger partial charge >= 0.3 is 0 Å². The van der Waals surface area contributed by atoms with Crippen molar-refractivity contribution in [2.75, 3.05) is 28.3 Å². The maximum absolute atomic E-state index is 11.7. The molecule has 0 amide bonds. The van der Waals surface area contributed by atoms with E-state index in [0.29, 0.717) is 18.4 Å². The third-order valence-corrected chi connectivity index (χ3v) is 5.66. The molecule has 2 atom stereocenters. The number of rotatable bonds is 6. The quantitative estimate of drug-likeness (QED) is 0.862. The second-order valence-corrected chi connectivity index (χ2v) is 7.76. The van der Waals surface area contributed by atoms with Crippen LogP contribution in [0.2, 0.25) is 0 Å². The molecule has 0 aliphatic carbocycles. The lowest BCUT2D eigenvalue weighted by Crippen LogP contribution is -2.36. The van der Waals surface area contributed by atoms with Crippen molar-refractivity contribution >= 4 is 21.6 Å². The topological polar surface area (TPSA) is 75.2 Å². The minimum absolute atomic E-state index is 0.0198. The fraction of sp³-hybridized carbons (Fsp3) is 0.714. The Hall–Kier alpha value is -1.37. The summed E-state index contributed by atoms with van der Waals surface area (Å²) in [5.41, 5.74) is 0. The summed E-state index contributed by atoms with van der Waals surface area (Å²) in [6, 6.07) is 2.17. The highest BCUT2D eigenvalue weighted by Crippen LogP contribution is 2.23. The molecule has 1 aliphatic heterocycles. The molecular weight excluding hydrogens is 288 g/mol. The number of hydrogen-bond donors (Lipinski definition) is 1. The first-order chi connectivity index (χ1) is 9.95. The van der Waals surface area contributed by atoms with E-state index >= 15 is 0 Å². The van der Waals surface area contributed by atoms with Gasteiger partial charge in [0.1, 0.15) is 5.82 Å². The fourth-order valence-corrected chi connectivity index (χ4v) is 4.26. The lowest BCUT2D eigenvalue weighted by molar-refractivity contribution is 0.599. The maximum Gasteiger partial charge on any atom is 0.224 e. The van der Waals surface area contributed by atoms with Gasteiger partial charge in [-0.05, 0) is 32.8 Å². The van der Waals surface area contributed by atoms with Gasteiger partial charge in [0.15, 0.2) is 9.84 Å². The van der Waals surface area contributed by atoms with Gasteiger partial charge in [-0.1, -0.05) is 6.92 Å². The van der Waals surface area contributed by atoms with Gasteiger partial charge in [0.25, 0.3) is 0 Å². The van der Waals surface area contributed by atoms with Crippen molar-refractivity contribution < 1.29 is 8.42 Å². The van der Waals surface area contributed by atoms with E-state index in [9.17, 15) is 8.42 Å². The van der Waals surface area contributed by atoms with Gasteiger partial charge in [-0.25, -0.2) is 13.4 Å². The molecule has 118 valence electrons. The molecule has 2 unspecified atom stereocenters. The molecule has 0 spiro atoms. The van der Waals surface area contributed by atoms with Crippen LogP contribution in [0.25, 0.3) is 0 Å². The van der Waals surface area contributed by atoms with Gasteiger partial charge in [-0.3, -0.25) is 0 Å². The molecule has 6 nitrogen and oxygen atoms in total. The number of hydrogen-bond acceptors (Lipinski definition) is 6. The molecule has 0 bridgehead atoms. The van der Waals surface area contributed by atoms with Crippen molar-refractivity contribution in [2.45, 2.75) is 45.7 Å². The van der Waals surface area contributed by atoms with Gasteiger partial charge in [0.05, 0.1) is 11.5 Å². The molecule has 2 heterocycles. The summed E-state index contributed by atoms with van der Waals surface area (Å²) in [5, 5.41) is 3.25. The second-order valence-electron chi connectivity index (χ2n) is 5.53. The lowest BCUT2D eigenvalue weighted by atomic mass is 10.2. The van der Waals surface area contributed by atoms with Crippen molar-refractivity contribution in [3.63, 3.8) is 0 Å². The summed E-state index contributed by atoms with van der Waals surface area (Å²) in [6.07, 6.45) is 3.39. The van der Waals surface area contributed by atoms with Crippen LogP contribution < -0.4 is 10.2 Å². The molecule has 1 aromatic heterocycles. The van der Waals surface area contributed by atoms with Crippen molar-refractivity contribution in [1.29, 1.82) is 0 Å². The van der Waals surface area contributed by atoms with Crippen LogP contribution in [-0.2, 0) is 9.84 Å². The Morgan fingerprint density at radius 1 is 1.48 bits per heavy atom. The van der Waals surface area contributed by atoms with Crippen LogP contribution in [0.3, 0.4) is 0 Å². The molecule has 2 rings (SSSR count). The van der Waals surface area contributed by atoms with Crippen molar-refractivity contribution in [3.8, 4) is 0 Å². The Bertz CT molecular complexity index is 576. The SMILES string of the molecule is CCC(C)Nc1nccc(N(CC)C2CCS(=O)(=O)C2)n1. The Morgan fingerprint density at radius 2 is 2.24 bits per heavy atom. The van der Waals surface area contributed by atoms with Crippen molar-refractivity contribution in [2.24, 2.45) is 0 Å². The minimum Gasteiger partial charge on any atom is -0.353 e. The Balaban J connectivity index is 2.17. The average molecular weight is 312 g/mol. The smallest absolute Gasteiger partial charge is 0.224 e. The van der Waals surface area contributed by atoms with E-state index in [1.165, 1.54) is 0 Å². The van der Waals surface area contributed by atoms with E-state index in [0.717, 1.165) is 18.8 Å². The Morgan fingerprint density at radius 3 is 2.81 bits per heavy atom. The number of sulfone groups is 1. The first-order valence-electron chi connectivity index (χ1n) is 7.51. The van der Waals surface area contributed by atoms with Crippen LogP contribution in [0.15, 0.2) is 12.3 Å². The van der Waals surface area contributed by atoms with Gasteiger partial charge in [0, 0.05) is 24.8 Å². The molecule has 1 saturated heterocycles. The molecule has 1 N–H and O–H groups in total. The largest absolute Gasteiger partial charge is 0.353 e. The van der Waals surface area contributed by atoms with Gasteiger partial charge < -0.3 is 10.2 Å². The van der Waals surface area contributed by atoms with Crippen LogP contribution in [0.4, 0.5) is 11.8 Å². The van der Waals surface area contributed by atoms with E-state index in [1.807, 2.05) is 13.0 Å². The van der Waals surface area contributed by atoms with Crippen LogP contribution in [-0.4, -0.2) is 48.5 Å². The molecule has 0 saturated carbocycles. The van der Waals surface area contributed by atoms with Gasteiger partial charge in [-0.15, -0.1) is 0 Å². The van der Waals surface area contributed by atoms with Crippen LogP contribution >= 0.6 is 0 Å². The first-order valence-corrected chi connectivity index (χ1v) is 9.34. The van der Waals surface area contributed by atoms with E-state index in [2.05, 4.69) is 34.0 Å². The van der Waals surface area contributed by atoms with E-state index < -0.39 is 9.84 Å². The Labute approximate surface area is 126 Å². The summed E-state index contributed by atoms with van der Waals surface area (Å²) < 4.78 is 23.3. The zero-order valence-electron chi connectivity index (χ0n) is 12.9. The van der Waals surface area contributed by atoms with Crippen LogP contribution in [0, 0.1) is 0 Å². The molecule has 7 heteroatoms. The number of anilines is 2. The minimum atomic E-state index is -2.89. The summed E-state index contributed by atoms with van der Waals surface area (Å²) >= 11 is 0. The summed E-state index contributed by atoms with van der Waals surface area (Å²) in [4.78, 5) is 10.8. The third-order valence-electron chi connectivity index (χ3n) is 3.91. The molecule has 1 fully saturated rings. The van der Waals surface area contributed by atoms with Crippen LogP contribution in [0.5, 0.6) is 0 Å². The molecule has 1 aromatic rings. The number of nitrogens with zero attached hydrogens (tertiary/aromatic N) is 3. The predicted octanol–water partition coefficient (Wildman–Crippen LogP) is 1.70. The molecular formula is C14H24N4O2S. The summed E-state index contributed by atoms with van der Waals surface area (Å²) in [6.45, 7) is 6.94. The van der Waals surface area contributed by atoms with Crippen LogP contribution in [0.1, 0.15) is 33.6 Å². The van der Waals surface area contributed by atoms with E-state index in [1.54, 1.807) is 6.20 Å². The summed E-state index contributed by atoms with van der Waals surface area (Å²) in [7, 11) is -2.89. The fourth-order valence-electron chi connectivity index (χ4n) is 2.53. The normalized spacial score (nSPS) is 22.0. The second kappa shape index (κ2) is 6.60. The van der Waals surface area contributed by atoms with E-state index in [4.69, 9.17) is 0 Å². The predicted molar refractivity (Wildman–Crippen MR) is 85.5 cm³/mol.